The largest absolute Gasteiger partial charge is 0.459 e. The van der Waals surface area contributed by atoms with Crippen LogP contribution in [-0.4, -0.2) is 12.1 Å². The number of benzene rings is 1. The van der Waals surface area contributed by atoms with Crippen LogP contribution in [0.5, 0.6) is 0 Å². The Balaban J connectivity index is 1.68. The maximum atomic E-state index is 11.6. The number of halogens is 1. The summed E-state index contributed by atoms with van der Waals surface area (Å²) in [7, 11) is 0. The summed E-state index contributed by atoms with van der Waals surface area (Å²) in [6.07, 6.45) is 2.84. The molecule has 0 aliphatic heterocycles. The molecule has 2 aromatic heterocycles. The van der Waals surface area contributed by atoms with E-state index in [4.69, 9.17) is 20.4 Å². The van der Waals surface area contributed by atoms with E-state index >= 15 is 0 Å². The molecule has 1 aromatic carbocycles. The normalized spacial score (nSPS) is 11.0. The van der Waals surface area contributed by atoms with Crippen LogP contribution in [-0.2, 0) is 0 Å². The molecule has 5 nitrogen and oxygen atoms in total. The Hall–Kier alpha value is -2.79. The van der Waals surface area contributed by atoms with E-state index in [2.05, 4.69) is 10.5 Å². The second-order valence-electron chi connectivity index (χ2n) is 4.84. The number of aryl methyl sites for hydroxylation is 1. The van der Waals surface area contributed by atoms with Crippen LogP contribution in [0.25, 0.3) is 11.3 Å². The fraction of sp³-hybridized carbons (Fsp3) is 0.0588. The van der Waals surface area contributed by atoms with E-state index in [1.807, 2.05) is 31.2 Å². The highest BCUT2D eigenvalue weighted by atomic mass is 35.5. The highest BCUT2D eigenvalue weighted by Gasteiger charge is 2.07. The molecule has 6 heteroatoms. The third kappa shape index (κ3) is 3.52. The standard InChI is InChI=1S/C17H13ClN2O3/c1-11-4-5-12(9-14(11)18)15-7-6-13(23-15)10-19-20-17(21)16-3-2-8-22-16/h2-10H,1H3,(H,20,21)/b19-10+. The zero-order valence-electron chi connectivity index (χ0n) is 12.2. The number of rotatable bonds is 4. The summed E-state index contributed by atoms with van der Waals surface area (Å²) < 4.78 is 10.6. The first-order chi connectivity index (χ1) is 11.1. The molecule has 2 heterocycles. The van der Waals surface area contributed by atoms with Gasteiger partial charge in [0.15, 0.2) is 5.76 Å². The first-order valence-corrected chi connectivity index (χ1v) is 7.24. The van der Waals surface area contributed by atoms with Crippen molar-refractivity contribution in [1.29, 1.82) is 0 Å². The summed E-state index contributed by atoms with van der Waals surface area (Å²) in [6, 6.07) is 12.5. The maximum Gasteiger partial charge on any atom is 0.307 e. The van der Waals surface area contributed by atoms with E-state index in [1.165, 1.54) is 12.5 Å². The maximum absolute atomic E-state index is 11.6. The lowest BCUT2D eigenvalue weighted by Crippen LogP contribution is -2.16. The first-order valence-electron chi connectivity index (χ1n) is 6.87. The Bertz CT molecular complexity index is 851. The Morgan fingerprint density at radius 2 is 2.13 bits per heavy atom. The van der Waals surface area contributed by atoms with Gasteiger partial charge in [0, 0.05) is 10.6 Å². The molecule has 0 spiro atoms. The summed E-state index contributed by atoms with van der Waals surface area (Å²) in [5.74, 6) is 0.946. The summed E-state index contributed by atoms with van der Waals surface area (Å²) in [5.41, 5.74) is 4.23. The molecule has 0 aliphatic carbocycles. The number of furan rings is 2. The van der Waals surface area contributed by atoms with Gasteiger partial charge in [-0.15, -0.1) is 0 Å². The average Bonchev–Trinajstić information content (AvgIpc) is 3.21. The van der Waals surface area contributed by atoms with E-state index in [0.717, 1.165) is 11.1 Å². The van der Waals surface area contributed by atoms with Gasteiger partial charge in [0.1, 0.15) is 11.5 Å². The molecule has 0 atom stereocenters. The minimum Gasteiger partial charge on any atom is -0.459 e. The topological polar surface area (TPSA) is 67.7 Å². The van der Waals surface area contributed by atoms with Gasteiger partial charge >= 0.3 is 5.91 Å². The highest BCUT2D eigenvalue weighted by molar-refractivity contribution is 6.31. The number of carbonyl (C=O) groups excluding carboxylic acids is 1. The number of amides is 1. The average molecular weight is 329 g/mol. The zero-order chi connectivity index (χ0) is 16.2. The second kappa shape index (κ2) is 6.54. The Morgan fingerprint density at radius 1 is 1.26 bits per heavy atom. The summed E-state index contributed by atoms with van der Waals surface area (Å²) in [4.78, 5) is 11.6. The van der Waals surface area contributed by atoms with Crippen LogP contribution in [0.15, 0.2) is 62.7 Å². The molecule has 0 radical (unpaired) electrons. The van der Waals surface area contributed by atoms with Crippen LogP contribution >= 0.6 is 11.6 Å². The molecule has 1 N–H and O–H groups in total. The number of carbonyl (C=O) groups is 1. The second-order valence-corrected chi connectivity index (χ2v) is 5.25. The van der Waals surface area contributed by atoms with Gasteiger partial charge in [-0.05, 0) is 42.8 Å². The lowest BCUT2D eigenvalue weighted by molar-refractivity contribution is 0.0927. The molecular weight excluding hydrogens is 316 g/mol. The molecule has 0 saturated heterocycles. The van der Waals surface area contributed by atoms with E-state index in [-0.39, 0.29) is 5.76 Å². The fourth-order valence-corrected chi connectivity index (χ4v) is 2.12. The molecule has 0 saturated carbocycles. The molecule has 3 rings (SSSR count). The molecule has 23 heavy (non-hydrogen) atoms. The zero-order valence-corrected chi connectivity index (χ0v) is 13.0. The number of hydrazone groups is 1. The van der Waals surface area contributed by atoms with Crippen molar-refractivity contribution in [3.63, 3.8) is 0 Å². The minimum atomic E-state index is -0.427. The molecule has 1 amide bonds. The third-order valence-electron chi connectivity index (χ3n) is 3.19. The van der Waals surface area contributed by atoms with Crippen LogP contribution in [0.4, 0.5) is 0 Å². The SMILES string of the molecule is Cc1ccc(-c2ccc(/C=N/NC(=O)c3ccco3)o2)cc1Cl. The van der Waals surface area contributed by atoms with E-state index in [9.17, 15) is 4.79 Å². The Morgan fingerprint density at radius 3 is 2.87 bits per heavy atom. The summed E-state index contributed by atoms with van der Waals surface area (Å²) in [6.45, 7) is 1.94. The van der Waals surface area contributed by atoms with Gasteiger partial charge in [0.05, 0.1) is 12.5 Å². The lowest BCUT2D eigenvalue weighted by atomic mass is 10.1. The Labute approximate surface area is 137 Å². The van der Waals surface area contributed by atoms with Crippen molar-refractivity contribution in [2.45, 2.75) is 6.92 Å². The van der Waals surface area contributed by atoms with Gasteiger partial charge in [-0.25, -0.2) is 5.43 Å². The van der Waals surface area contributed by atoms with Crippen LogP contribution in [0.3, 0.4) is 0 Å². The number of nitrogens with one attached hydrogen (secondary N) is 1. The number of nitrogens with zero attached hydrogens (tertiary/aromatic N) is 1. The van der Waals surface area contributed by atoms with E-state index < -0.39 is 5.91 Å². The minimum absolute atomic E-state index is 0.191. The van der Waals surface area contributed by atoms with Crippen LogP contribution < -0.4 is 5.43 Å². The van der Waals surface area contributed by atoms with Crippen molar-refractivity contribution in [3.8, 4) is 11.3 Å². The predicted octanol–water partition coefficient (Wildman–Crippen LogP) is 4.27. The predicted molar refractivity (Wildman–Crippen MR) is 87.7 cm³/mol. The van der Waals surface area contributed by atoms with E-state index in [0.29, 0.717) is 16.5 Å². The molecule has 116 valence electrons. The highest BCUT2D eigenvalue weighted by Crippen LogP contribution is 2.26. The van der Waals surface area contributed by atoms with Gasteiger partial charge in [0.25, 0.3) is 0 Å². The molecule has 0 fully saturated rings. The van der Waals surface area contributed by atoms with Gasteiger partial charge in [-0.2, -0.15) is 5.10 Å². The quantitative estimate of drug-likeness (QED) is 0.574. The van der Waals surface area contributed by atoms with Crippen molar-refractivity contribution >= 4 is 23.7 Å². The molecular formula is C17H13ClN2O3. The van der Waals surface area contributed by atoms with Crippen LogP contribution in [0.1, 0.15) is 21.9 Å². The van der Waals surface area contributed by atoms with E-state index in [1.54, 1.807) is 18.2 Å². The van der Waals surface area contributed by atoms with Gasteiger partial charge < -0.3 is 8.83 Å². The smallest absolute Gasteiger partial charge is 0.307 e. The van der Waals surface area contributed by atoms with Crippen molar-refractivity contribution in [2.24, 2.45) is 5.10 Å². The third-order valence-corrected chi connectivity index (χ3v) is 3.59. The number of hydrogen-bond acceptors (Lipinski definition) is 4. The summed E-state index contributed by atoms with van der Waals surface area (Å²) >= 11 is 6.11. The molecule has 0 aliphatic rings. The lowest BCUT2D eigenvalue weighted by Gasteiger charge is -2.00. The molecule has 3 aromatic rings. The Kier molecular flexibility index (Phi) is 4.30. The van der Waals surface area contributed by atoms with Crippen molar-refractivity contribution in [1.82, 2.24) is 5.43 Å². The van der Waals surface area contributed by atoms with Crippen LogP contribution in [0, 0.1) is 6.92 Å². The molecule has 0 unspecified atom stereocenters. The van der Waals surface area contributed by atoms with Crippen molar-refractivity contribution in [2.75, 3.05) is 0 Å². The monoisotopic (exact) mass is 328 g/mol. The van der Waals surface area contributed by atoms with Gasteiger partial charge in [-0.3, -0.25) is 4.79 Å². The van der Waals surface area contributed by atoms with Gasteiger partial charge in [-0.1, -0.05) is 23.7 Å². The van der Waals surface area contributed by atoms with Gasteiger partial charge in [0.2, 0.25) is 0 Å². The van der Waals surface area contributed by atoms with Crippen molar-refractivity contribution in [3.05, 3.63) is 70.8 Å². The molecule has 0 bridgehead atoms. The van der Waals surface area contributed by atoms with Crippen LogP contribution in [0.2, 0.25) is 5.02 Å². The first kappa shape index (κ1) is 15.1. The fourth-order valence-electron chi connectivity index (χ4n) is 1.94. The van der Waals surface area contributed by atoms with Crippen molar-refractivity contribution < 1.29 is 13.6 Å². The number of hydrogen-bond donors (Lipinski definition) is 1. The summed E-state index contributed by atoms with van der Waals surface area (Å²) in [5, 5.41) is 4.51.